The van der Waals surface area contributed by atoms with Crippen molar-refractivity contribution < 1.29 is 23.1 Å². The second-order valence-electron chi connectivity index (χ2n) is 7.86. The van der Waals surface area contributed by atoms with Gasteiger partial charge in [0.05, 0.1) is 10.5 Å². The van der Waals surface area contributed by atoms with Crippen LogP contribution in [0, 0.1) is 0 Å². The molecule has 154 valence electrons. The Labute approximate surface area is 170 Å². The smallest absolute Gasteiger partial charge is 0.327 e. The second-order valence-corrected chi connectivity index (χ2v) is 11.1. The molecule has 1 N–H and O–H groups in total. The van der Waals surface area contributed by atoms with Gasteiger partial charge in [-0.15, -0.1) is 11.3 Å². The molecule has 0 saturated carbocycles. The molecule has 2 rings (SSSR count). The number of sulfone groups is 1. The standard InChI is InChI=1S/C20H27NO5S2/c1-12(2)14-8-7-9-15(13(3)4)18(14)26-17(22)11-28(24,25)19-21-10-16(27-19)20(5,6)23/h7-10,12-13,23H,11H2,1-6H3. The van der Waals surface area contributed by atoms with Gasteiger partial charge in [0.2, 0.25) is 14.2 Å². The van der Waals surface area contributed by atoms with E-state index in [-0.39, 0.29) is 16.2 Å². The number of ether oxygens (including phenoxy) is 1. The number of benzene rings is 1. The maximum Gasteiger partial charge on any atom is 0.327 e. The Morgan fingerprint density at radius 2 is 1.71 bits per heavy atom. The fourth-order valence-corrected chi connectivity index (χ4v) is 4.95. The molecule has 0 fully saturated rings. The largest absolute Gasteiger partial charge is 0.425 e. The lowest BCUT2D eigenvalue weighted by atomic mass is 9.94. The molecule has 0 aliphatic carbocycles. The third-order valence-corrected chi connectivity index (χ3v) is 7.57. The molecule has 0 radical (unpaired) electrons. The van der Waals surface area contributed by atoms with E-state index in [1.54, 1.807) is 13.8 Å². The fourth-order valence-electron chi connectivity index (χ4n) is 2.65. The Morgan fingerprint density at radius 3 is 2.14 bits per heavy atom. The van der Waals surface area contributed by atoms with Crippen LogP contribution in [0.4, 0.5) is 0 Å². The number of hydrogen-bond donors (Lipinski definition) is 1. The van der Waals surface area contributed by atoms with Gasteiger partial charge in [0.1, 0.15) is 5.75 Å². The second kappa shape index (κ2) is 8.31. The van der Waals surface area contributed by atoms with E-state index >= 15 is 0 Å². The summed E-state index contributed by atoms with van der Waals surface area (Å²) in [5.41, 5.74) is 0.514. The molecular weight excluding hydrogens is 398 g/mol. The molecule has 0 unspecified atom stereocenters. The third kappa shape index (κ3) is 5.18. The Morgan fingerprint density at radius 1 is 1.18 bits per heavy atom. The molecule has 0 bridgehead atoms. The van der Waals surface area contributed by atoms with Gasteiger partial charge < -0.3 is 9.84 Å². The van der Waals surface area contributed by atoms with E-state index in [4.69, 9.17) is 4.74 Å². The zero-order valence-corrected chi connectivity index (χ0v) is 18.6. The minimum Gasteiger partial charge on any atom is -0.425 e. The van der Waals surface area contributed by atoms with Crippen molar-refractivity contribution in [2.75, 3.05) is 5.75 Å². The minimum absolute atomic E-state index is 0.117. The highest BCUT2D eigenvalue weighted by molar-refractivity contribution is 7.94. The lowest BCUT2D eigenvalue weighted by Gasteiger charge is -2.18. The van der Waals surface area contributed by atoms with Crippen LogP contribution in [0.5, 0.6) is 5.75 Å². The fraction of sp³-hybridized carbons (Fsp3) is 0.500. The number of carbonyl (C=O) groups excluding carboxylic acids is 1. The Kier molecular flexibility index (Phi) is 6.68. The highest BCUT2D eigenvalue weighted by Crippen LogP contribution is 2.35. The molecule has 1 heterocycles. The first-order valence-electron chi connectivity index (χ1n) is 9.08. The van der Waals surface area contributed by atoms with E-state index in [0.717, 1.165) is 22.5 Å². The van der Waals surface area contributed by atoms with Crippen LogP contribution in [0.2, 0.25) is 0 Å². The normalized spacial score (nSPS) is 12.6. The summed E-state index contributed by atoms with van der Waals surface area (Å²) in [6, 6.07) is 5.67. The molecule has 6 nitrogen and oxygen atoms in total. The molecular formula is C20H27NO5S2. The summed E-state index contributed by atoms with van der Waals surface area (Å²) in [5, 5.41) is 9.99. The van der Waals surface area contributed by atoms with E-state index in [2.05, 4.69) is 4.98 Å². The summed E-state index contributed by atoms with van der Waals surface area (Å²) in [4.78, 5) is 16.8. The summed E-state index contributed by atoms with van der Waals surface area (Å²) in [5.74, 6) is -0.993. The molecule has 1 aromatic carbocycles. The van der Waals surface area contributed by atoms with Crippen molar-refractivity contribution in [1.29, 1.82) is 0 Å². The molecule has 0 spiro atoms. The highest BCUT2D eigenvalue weighted by Gasteiger charge is 2.28. The van der Waals surface area contributed by atoms with Crippen molar-refractivity contribution in [3.63, 3.8) is 0 Å². The van der Waals surface area contributed by atoms with Crippen LogP contribution in [0.3, 0.4) is 0 Å². The molecule has 0 amide bonds. The van der Waals surface area contributed by atoms with Crippen LogP contribution in [0.25, 0.3) is 0 Å². The van der Waals surface area contributed by atoms with Gasteiger partial charge in [0.15, 0.2) is 5.75 Å². The summed E-state index contributed by atoms with van der Waals surface area (Å²) < 4.78 is 30.5. The number of rotatable bonds is 7. The first-order chi connectivity index (χ1) is 12.8. The van der Waals surface area contributed by atoms with Crippen molar-refractivity contribution in [2.45, 2.75) is 63.3 Å². The summed E-state index contributed by atoms with van der Waals surface area (Å²) >= 11 is 0.854. The molecule has 0 atom stereocenters. The highest BCUT2D eigenvalue weighted by atomic mass is 32.2. The quantitative estimate of drug-likeness (QED) is 0.532. The number of thiazole rings is 1. The lowest BCUT2D eigenvalue weighted by Crippen LogP contribution is -2.22. The van der Waals surface area contributed by atoms with E-state index in [1.807, 2.05) is 45.9 Å². The van der Waals surface area contributed by atoms with E-state index in [1.165, 1.54) is 6.20 Å². The summed E-state index contributed by atoms with van der Waals surface area (Å²) in [6.07, 6.45) is 1.31. The van der Waals surface area contributed by atoms with Crippen LogP contribution in [0.15, 0.2) is 28.7 Å². The molecule has 2 aromatic rings. The molecule has 0 aliphatic heterocycles. The number of hydrogen-bond acceptors (Lipinski definition) is 7. The van der Waals surface area contributed by atoms with Gasteiger partial charge in [0, 0.05) is 6.20 Å². The zero-order valence-electron chi connectivity index (χ0n) is 17.0. The Bertz CT molecular complexity index is 927. The van der Waals surface area contributed by atoms with Crippen molar-refractivity contribution in [3.8, 4) is 5.75 Å². The zero-order chi connectivity index (χ0) is 21.3. The van der Waals surface area contributed by atoms with Gasteiger partial charge >= 0.3 is 5.97 Å². The first-order valence-corrected chi connectivity index (χ1v) is 11.5. The van der Waals surface area contributed by atoms with Crippen LogP contribution in [-0.4, -0.2) is 30.2 Å². The Balaban J connectivity index is 2.28. The van der Waals surface area contributed by atoms with Gasteiger partial charge in [-0.25, -0.2) is 13.4 Å². The average Bonchev–Trinajstić information content (AvgIpc) is 3.05. The number of para-hydroxylation sites is 1. The van der Waals surface area contributed by atoms with E-state index in [9.17, 15) is 18.3 Å². The number of aromatic nitrogens is 1. The molecule has 0 aliphatic rings. The maximum absolute atomic E-state index is 12.6. The molecule has 8 heteroatoms. The van der Waals surface area contributed by atoms with Gasteiger partial charge in [0.25, 0.3) is 0 Å². The average molecular weight is 426 g/mol. The molecule has 28 heavy (non-hydrogen) atoms. The first kappa shape index (κ1) is 22.5. The lowest BCUT2D eigenvalue weighted by molar-refractivity contribution is -0.131. The van der Waals surface area contributed by atoms with Crippen molar-refractivity contribution >= 4 is 27.1 Å². The van der Waals surface area contributed by atoms with Gasteiger partial charge in [-0.3, -0.25) is 4.79 Å². The topological polar surface area (TPSA) is 93.6 Å². The van der Waals surface area contributed by atoms with Crippen molar-refractivity contribution in [2.24, 2.45) is 0 Å². The van der Waals surface area contributed by atoms with Crippen LogP contribution in [-0.2, 0) is 20.2 Å². The number of aliphatic hydroxyl groups is 1. The van der Waals surface area contributed by atoms with Gasteiger partial charge in [-0.2, -0.15) is 0 Å². The van der Waals surface area contributed by atoms with E-state index < -0.39 is 27.2 Å². The van der Waals surface area contributed by atoms with Gasteiger partial charge in [-0.05, 0) is 36.8 Å². The third-order valence-electron chi connectivity index (χ3n) is 4.20. The summed E-state index contributed by atoms with van der Waals surface area (Å²) in [7, 11) is -3.96. The number of esters is 1. The minimum atomic E-state index is -3.96. The predicted octanol–water partition coefficient (Wildman–Crippen LogP) is 4.00. The monoisotopic (exact) mass is 425 g/mol. The molecule has 0 saturated heterocycles. The maximum atomic E-state index is 12.6. The van der Waals surface area contributed by atoms with Crippen LogP contribution >= 0.6 is 11.3 Å². The SMILES string of the molecule is CC(C)c1cccc(C(C)C)c1OC(=O)CS(=O)(=O)c1ncc(C(C)(C)O)s1. The number of carbonyl (C=O) groups is 1. The van der Waals surface area contributed by atoms with Crippen molar-refractivity contribution in [1.82, 2.24) is 4.98 Å². The predicted molar refractivity (Wildman–Crippen MR) is 110 cm³/mol. The van der Waals surface area contributed by atoms with Crippen LogP contribution < -0.4 is 4.74 Å². The Hall–Kier alpha value is -1.77. The van der Waals surface area contributed by atoms with E-state index in [0.29, 0.717) is 10.6 Å². The number of nitrogens with zero attached hydrogens (tertiary/aromatic N) is 1. The van der Waals surface area contributed by atoms with Gasteiger partial charge in [-0.1, -0.05) is 45.9 Å². The van der Waals surface area contributed by atoms with Crippen molar-refractivity contribution in [3.05, 3.63) is 40.4 Å². The van der Waals surface area contributed by atoms with Crippen LogP contribution in [0.1, 0.15) is 69.4 Å². The summed E-state index contributed by atoms with van der Waals surface area (Å²) in [6.45, 7) is 11.0. The molecule has 1 aromatic heterocycles.